The Kier molecular flexibility index (Phi) is 6.37. The van der Waals surface area contributed by atoms with Crippen molar-refractivity contribution in [3.05, 3.63) is 89.3 Å². The van der Waals surface area contributed by atoms with Crippen molar-refractivity contribution in [1.29, 1.82) is 0 Å². The molecule has 1 atom stereocenters. The fourth-order valence-electron chi connectivity index (χ4n) is 3.00. The van der Waals surface area contributed by atoms with Crippen molar-refractivity contribution in [3.63, 3.8) is 0 Å². The van der Waals surface area contributed by atoms with Crippen LogP contribution in [0, 0.1) is 5.82 Å². The topological polar surface area (TPSA) is 88.9 Å². The number of hydrogen-bond acceptors (Lipinski definition) is 5. The molecule has 4 rings (SSSR count). The number of nitrogens with one attached hydrogen (secondary N) is 2. The van der Waals surface area contributed by atoms with Gasteiger partial charge >= 0.3 is 0 Å². The number of thiophene rings is 1. The van der Waals surface area contributed by atoms with E-state index in [-0.39, 0.29) is 17.5 Å². The third-order valence-electron chi connectivity index (χ3n) is 4.67. The fourth-order valence-corrected chi connectivity index (χ4v) is 3.70. The number of carbonyl (C=O) groups is 2. The smallest absolute Gasteiger partial charge is 0.291 e. The van der Waals surface area contributed by atoms with Crippen molar-refractivity contribution >= 4 is 23.2 Å². The van der Waals surface area contributed by atoms with Crippen LogP contribution in [0.25, 0.3) is 16.4 Å². The van der Waals surface area contributed by atoms with E-state index in [2.05, 4.69) is 20.7 Å². The minimum atomic E-state index is -0.783. The maximum Gasteiger partial charge on any atom is 0.291 e. The van der Waals surface area contributed by atoms with Crippen LogP contribution in [0.5, 0.6) is 0 Å². The van der Waals surface area contributed by atoms with E-state index in [1.807, 2.05) is 47.8 Å². The number of nitrogens with zero attached hydrogens (tertiary/aromatic N) is 3. The Balaban J connectivity index is 1.50. The lowest BCUT2D eigenvalue weighted by molar-refractivity contribution is -0.122. The second-order valence-corrected chi connectivity index (χ2v) is 7.97. The summed E-state index contributed by atoms with van der Waals surface area (Å²) < 4.78 is 14.8. The first-order valence-electron chi connectivity index (χ1n) is 9.90. The van der Waals surface area contributed by atoms with Crippen LogP contribution in [0.15, 0.2) is 72.1 Å². The van der Waals surface area contributed by atoms with Crippen LogP contribution in [0.3, 0.4) is 0 Å². The Bertz CT molecular complexity index is 1210. The lowest BCUT2D eigenvalue weighted by Crippen LogP contribution is -2.44. The molecule has 9 heteroatoms. The molecule has 0 fully saturated rings. The van der Waals surface area contributed by atoms with Gasteiger partial charge in [-0.2, -0.15) is 0 Å². The van der Waals surface area contributed by atoms with Gasteiger partial charge in [0.15, 0.2) is 5.82 Å². The maximum absolute atomic E-state index is 13.4. The molecule has 0 saturated carbocycles. The van der Waals surface area contributed by atoms with Crippen LogP contribution in [0.2, 0.25) is 0 Å². The molecule has 0 aliphatic heterocycles. The van der Waals surface area contributed by atoms with E-state index in [4.69, 9.17) is 0 Å². The van der Waals surface area contributed by atoms with Crippen LogP contribution in [-0.2, 0) is 11.3 Å². The lowest BCUT2D eigenvalue weighted by atomic mass is 10.2. The predicted octanol–water partition coefficient (Wildman–Crippen LogP) is 3.57. The quantitative estimate of drug-likeness (QED) is 0.452. The summed E-state index contributed by atoms with van der Waals surface area (Å²) in [6.07, 6.45) is 0. The number of hydrogen-bond donors (Lipinski definition) is 2. The summed E-state index contributed by atoms with van der Waals surface area (Å²) in [6.45, 7) is 1.95. The van der Waals surface area contributed by atoms with Crippen molar-refractivity contribution in [2.24, 2.45) is 0 Å². The second kappa shape index (κ2) is 9.52. The highest BCUT2D eigenvalue weighted by Gasteiger charge is 2.22. The number of carbonyl (C=O) groups excluding carboxylic acids is 2. The Morgan fingerprint density at radius 3 is 2.50 bits per heavy atom. The molecule has 7 nitrogen and oxygen atoms in total. The van der Waals surface area contributed by atoms with E-state index in [1.54, 1.807) is 19.1 Å². The minimum Gasteiger partial charge on any atom is -0.350 e. The van der Waals surface area contributed by atoms with Crippen molar-refractivity contribution in [3.8, 4) is 16.4 Å². The largest absolute Gasteiger partial charge is 0.350 e. The van der Waals surface area contributed by atoms with E-state index in [1.165, 1.54) is 28.2 Å². The van der Waals surface area contributed by atoms with Gasteiger partial charge < -0.3 is 10.6 Å². The van der Waals surface area contributed by atoms with Gasteiger partial charge in [-0.3, -0.25) is 9.59 Å². The van der Waals surface area contributed by atoms with E-state index < -0.39 is 11.9 Å². The summed E-state index contributed by atoms with van der Waals surface area (Å²) in [7, 11) is 0. The zero-order valence-electron chi connectivity index (χ0n) is 17.2. The van der Waals surface area contributed by atoms with E-state index in [0.29, 0.717) is 18.1 Å². The van der Waals surface area contributed by atoms with Crippen LogP contribution in [0.4, 0.5) is 4.39 Å². The van der Waals surface area contributed by atoms with Crippen LogP contribution >= 0.6 is 11.3 Å². The van der Waals surface area contributed by atoms with Crippen molar-refractivity contribution in [2.45, 2.75) is 19.5 Å². The van der Waals surface area contributed by atoms with E-state index in [0.717, 1.165) is 10.4 Å². The molecule has 0 spiro atoms. The van der Waals surface area contributed by atoms with Crippen LogP contribution < -0.4 is 10.6 Å². The van der Waals surface area contributed by atoms with Gasteiger partial charge in [-0.05, 0) is 48.2 Å². The fraction of sp³-hybridized carbons (Fsp3) is 0.130. The highest BCUT2D eigenvalue weighted by Crippen LogP contribution is 2.25. The zero-order chi connectivity index (χ0) is 22.5. The molecule has 2 N–H and O–H groups in total. The highest BCUT2D eigenvalue weighted by molar-refractivity contribution is 7.13. The van der Waals surface area contributed by atoms with Gasteiger partial charge in [-0.25, -0.2) is 14.1 Å². The van der Waals surface area contributed by atoms with Crippen molar-refractivity contribution in [2.75, 3.05) is 0 Å². The summed E-state index contributed by atoms with van der Waals surface area (Å²) in [6, 6.07) is 18.2. The summed E-state index contributed by atoms with van der Waals surface area (Å²) >= 11 is 1.44. The maximum atomic E-state index is 13.4. The van der Waals surface area contributed by atoms with Crippen LogP contribution in [0.1, 0.15) is 23.1 Å². The Hall–Kier alpha value is -3.85. The Morgan fingerprint density at radius 1 is 1.06 bits per heavy atom. The molecule has 2 aromatic carbocycles. The molecule has 0 bridgehead atoms. The second-order valence-electron chi connectivity index (χ2n) is 7.02. The van der Waals surface area contributed by atoms with Crippen molar-refractivity contribution in [1.82, 2.24) is 25.4 Å². The Morgan fingerprint density at radius 2 is 1.81 bits per heavy atom. The van der Waals surface area contributed by atoms with Gasteiger partial charge in [0.2, 0.25) is 11.7 Å². The van der Waals surface area contributed by atoms with E-state index in [9.17, 15) is 14.0 Å². The third kappa shape index (κ3) is 4.89. The standard InChI is InChI=1S/C23H20FN5O2S/c1-15(22(30)25-14-16-6-3-2-4-7-16)26-23(31)20-27-21(19-8-5-13-32-19)29(28-20)18-11-9-17(24)10-12-18/h2-13,15H,14H2,1H3,(H,25,30)(H,26,31). The molecule has 0 saturated heterocycles. The third-order valence-corrected chi connectivity index (χ3v) is 5.54. The first-order valence-corrected chi connectivity index (χ1v) is 10.8. The van der Waals surface area contributed by atoms with Crippen molar-refractivity contribution < 1.29 is 14.0 Å². The molecule has 0 aliphatic carbocycles. The summed E-state index contributed by atoms with van der Waals surface area (Å²) in [5.41, 5.74) is 1.52. The molecule has 2 heterocycles. The number of halogens is 1. The van der Waals surface area contributed by atoms with Gasteiger partial charge in [-0.1, -0.05) is 36.4 Å². The van der Waals surface area contributed by atoms with Crippen LogP contribution in [-0.4, -0.2) is 32.6 Å². The summed E-state index contributed by atoms with van der Waals surface area (Å²) in [4.78, 5) is 30.3. The molecule has 1 unspecified atom stereocenters. The predicted molar refractivity (Wildman–Crippen MR) is 120 cm³/mol. The number of rotatable bonds is 7. The first-order chi connectivity index (χ1) is 15.5. The highest BCUT2D eigenvalue weighted by atomic mass is 32.1. The van der Waals surface area contributed by atoms with Gasteiger partial charge in [0, 0.05) is 6.54 Å². The van der Waals surface area contributed by atoms with Gasteiger partial charge in [0.25, 0.3) is 5.91 Å². The normalized spacial score (nSPS) is 11.7. The lowest BCUT2D eigenvalue weighted by Gasteiger charge is -2.13. The van der Waals surface area contributed by atoms with Gasteiger partial charge in [0.1, 0.15) is 11.9 Å². The van der Waals surface area contributed by atoms with E-state index >= 15 is 0 Å². The monoisotopic (exact) mass is 449 g/mol. The van der Waals surface area contributed by atoms with Gasteiger partial charge in [0.05, 0.1) is 10.6 Å². The minimum absolute atomic E-state index is 0.0829. The molecule has 32 heavy (non-hydrogen) atoms. The summed E-state index contributed by atoms with van der Waals surface area (Å²) in [5.74, 6) is -0.900. The Labute approximate surface area is 187 Å². The molecule has 4 aromatic rings. The average molecular weight is 450 g/mol. The number of benzene rings is 2. The molecule has 2 aromatic heterocycles. The molecule has 162 valence electrons. The molecule has 0 aliphatic rings. The first kappa shape index (κ1) is 21.4. The molecule has 0 radical (unpaired) electrons. The molecular weight excluding hydrogens is 429 g/mol. The molecular formula is C23H20FN5O2S. The molecule has 2 amide bonds. The number of aromatic nitrogens is 3. The summed E-state index contributed by atoms with van der Waals surface area (Å²) in [5, 5.41) is 11.6. The average Bonchev–Trinajstić information content (AvgIpc) is 3.48. The SMILES string of the molecule is CC(NC(=O)c1nc(-c2cccs2)n(-c2ccc(F)cc2)n1)C(=O)NCc1ccccc1. The number of amides is 2. The van der Waals surface area contributed by atoms with Gasteiger partial charge in [-0.15, -0.1) is 16.4 Å². The zero-order valence-corrected chi connectivity index (χ0v) is 18.0.